The van der Waals surface area contributed by atoms with Crippen molar-refractivity contribution in [3.8, 4) is 22.4 Å². The van der Waals surface area contributed by atoms with E-state index < -0.39 is 29.4 Å². The van der Waals surface area contributed by atoms with E-state index in [0.29, 0.717) is 16.1 Å². The molecule has 0 radical (unpaired) electrons. The van der Waals surface area contributed by atoms with Crippen LogP contribution in [0.1, 0.15) is 22.5 Å². The first-order valence-corrected chi connectivity index (χ1v) is 8.37. The molecule has 1 heterocycles. The Labute approximate surface area is 162 Å². The van der Waals surface area contributed by atoms with Gasteiger partial charge in [-0.2, -0.15) is 5.10 Å². The van der Waals surface area contributed by atoms with Crippen LogP contribution in [-0.2, 0) is 7.05 Å². The molecule has 3 rings (SSSR count). The van der Waals surface area contributed by atoms with Crippen LogP contribution in [0.25, 0.3) is 22.4 Å². The number of alkyl halides is 2. The van der Waals surface area contributed by atoms with Crippen LogP contribution in [0.2, 0.25) is 10.0 Å². The van der Waals surface area contributed by atoms with Gasteiger partial charge in [0.2, 0.25) is 0 Å². The van der Waals surface area contributed by atoms with Crippen molar-refractivity contribution < 1.29 is 18.0 Å². The first-order chi connectivity index (χ1) is 12.7. The third kappa shape index (κ3) is 3.40. The third-order valence-electron chi connectivity index (χ3n) is 4.01. The standard InChI is InChI=1S/C18H12Cl2F3N3O/c1-26-16(14(18(24)27)15(25-26)17(22)23)13-9(3-2-4-12(13)21)8-5-6-10(19)11(20)7-8/h2-7,17H,1H3,(H2,24,27). The second kappa shape index (κ2) is 7.25. The molecule has 0 aliphatic carbocycles. The SMILES string of the molecule is Cn1nc(C(F)F)c(C(N)=O)c1-c1c(F)cccc1-c1ccc(Cl)c(Cl)c1. The molecule has 0 unspecified atom stereocenters. The molecule has 0 fully saturated rings. The molecule has 0 atom stereocenters. The zero-order valence-electron chi connectivity index (χ0n) is 13.8. The molecule has 9 heteroatoms. The van der Waals surface area contributed by atoms with Gasteiger partial charge in [0.05, 0.1) is 21.3 Å². The zero-order valence-corrected chi connectivity index (χ0v) is 15.3. The van der Waals surface area contributed by atoms with Gasteiger partial charge in [-0.25, -0.2) is 13.2 Å². The predicted molar refractivity (Wildman–Crippen MR) is 97.5 cm³/mol. The Kier molecular flexibility index (Phi) is 5.17. The fraction of sp³-hybridized carbons (Fsp3) is 0.111. The summed E-state index contributed by atoms with van der Waals surface area (Å²) in [5.74, 6) is -1.86. The molecule has 0 aliphatic heterocycles. The van der Waals surface area contributed by atoms with Crippen LogP contribution in [0, 0.1) is 5.82 Å². The number of aryl methyl sites for hydroxylation is 1. The van der Waals surface area contributed by atoms with Crippen LogP contribution in [0.3, 0.4) is 0 Å². The van der Waals surface area contributed by atoms with Crippen LogP contribution in [0.4, 0.5) is 13.2 Å². The lowest BCUT2D eigenvalue weighted by molar-refractivity contribution is 0.0985. The maximum absolute atomic E-state index is 14.8. The number of halogens is 5. The van der Waals surface area contributed by atoms with Crippen molar-refractivity contribution in [2.24, 2.45) is 12.8 Å². The second-order valence-electron chi connectivity index (χ2n) is 5.69. The fourth-order valence-corrected chi connectivity index (χ4v) is 3.19. The molecule has 0 saturated carbocycles. The van der Waals surface area contributed by atoms with Gasteiger partial charge in [-0.05, 0) is 29.3 Å². The Morgan fingerprint density at radius 2 is 1.89 bits per heavy atom. The zero-order chi connectivity index (χ0) is 19.9. The lowest BCUT2D eigenvalue weighted by Crippen LogP contribution is -2.14. The summed E-state index contributed by atoms with van der Waals surface area (Å²) in [5.41, 5.74) is 4.54. The van der Waals surface area contributed by atoms with E-state index in [4.69, 9.17) is 28.9 Å². The van der Waals surface area contributed by atoms with E-state index in [-0.39, 0.29) is 16.3 Å². The summed E-state index contributed by atoms with van der Waals surface area (Å²) in [5, 5.41) is 4.20. The van der Waals surface area contributed by atoms with Crippen molar-refractivity contribution in [2.75, 3.05) is 0 Å². The number of nitrogens with two attached hydrogens (primary N) is 1. The number of carbonyl (C=O) groups is 1. The minimum atomic E-state index is -3.05. The summed E-state index contributed by atoms with van der Waals surface area (Å²) in [4.78, 5) is 11.9. The third-order valence-corrected chi connectivity index (χ3v) is 4.75. The lowest BCUT2D eigenvalue weighted by atomic mass is 9.94. The average Bonchev–Trinajstić information content (AvgIpc) is 2.95. The van der Waals surface area contributed by atoms with E-state index in [9.17, 15) is 18.0 Å². The van der Waals surface area contributed by atoms with Gasteiger partial charge in [0, 0.05) is 12.6 Å². The Morgan fingerprint density at radius 3 is 2.48 bits per heavy atom. The minimum Gasteiger partial charge on any atom is -0.365 e. The Hall–Kier alpha value is -2.51. The fourth-order valence-electron chi connectivity index (χ4n) is 2.90. The summed E-state index contributed by atoms with van der Waals surface area (Å²) >= 11 is 12.0. The van der Waals surface area contributed by atoms with Crippen LogP contribution in [0.5, 0.6) is 0 Å². The Balaban J connectivity index is 2.37. The largest absolute Gasteiger partial charge is 0.365 e. The maximum Gasteiger partial charge on any atom is 0.282 e. The highest BCUT2D eigenvalue weighted by Gasteiger charge is 2.30. The quantitative estimate of drug-likeness (QED) is 0.635. The molecule has 2 aromatic carbocycles. The molecule has 1 aromatic heterocycles. The Morgan fingerprint density at radius 1 is 1.19 bits per heavy atom. The smallest absolute Gasteiger partial charge is 0.282 e. The average molecular weight is 414 g/mol. The van der Waals surface area contributed by atoms with Crippen molar-refractivity contribution in [1.82, 2.24) is 9.78 Å². The number of benzene rings is 2. The van der Waals surface area contributed by atoms with Gasteiger partial charge in [-0.3, -0.25) is 9.48 Å². The highest BCUT2D eigenvalue weighted by atomic mass is 35.5. The molecule has 0 bridgehead atoms. The van der Waals surface area contributed by atoms with Gasteiger partial charge in [-0.1, -0.05) is 41.4 Å². The highest BCUT2D eigenvalue weighted by Crippen LogP contribution is 2.39. The van der Waals surface area contributed by atoms with E-state index in [1.807, 2.05) is 0 Å². The molecular formula is C18H12Cl2F3N3O. The van der Waals surface area contributed by atoms with Crippen molar-refractivity contribution in [2.45, 2.75) is 6.43 Å². The van der Waals surface area contributed by atoms with Crippen LogP contribution < -0.4 is 5.73 Å². The second-order valence-corrected chi connectivity index (χ2v) is 6.50. The maximum atomic E-state index is 14.8. The number of hydrogen-bond donors (Lipinski definition) is 1. The molecular weight excluding hydrogens is 402 g/mol. The molecule has 3 aromatic rings. The first-order valence-electron chi connectivity index (χ1n) is 7.61. The summed E-state index contributed by atoms with van der Waals surface area (Å²) in [6, 6.07) is 8.80. The predicted octanol–water partition coefficient (Wildman–Crippen LogP) is 5.24. The molecule has 27 heavy (non-hydrogen) atoms. The molecule has 0 spiro atoms. The van der Waals surface area contributed by atoms with Crippen molar-refractivity contribution in [1.29, 1.82) is 0 Å². The van der Waals surface area contributed by atoms with E-state index in [0.717, 1.165) is 10.7 Å². The highest BCUT2D eigenvalue weighted by molar-refractivity contribution is 6.42. The summed E-state index contributed by atoms with van der Waals surface area (Å²) < 4.78 is 42.4. The van der Waals surface area contributed by atoms with Gasteiger partial charge in [-0.15, -0.1) is 0 Å². The summed E-state index contributed by atoms with van der Waals surface area (Å²) in [6.45, 7) is 0. The molecule has 0 aliphatic rings. The molecule has 1 amide bonds. The van der Waals surface area contributed by atoms with E-state index in [2.05, 4.69) is 5.10 Å². The molecule has 4 nitrogen and oxygen atoms in total. The first kappa shape index (κ1) is 19.3. The summed E-state index contributed by atoms with van der Waals surface area (Å²) in [7, 11) is 1.33. The monoisotopic (exact) mass is 413 g/mol. The number of carbonyl (C=O) groups excluding carboxylic acids is 1. The van der Waals surface area contributed by atoms with E-state index in [1.54, 1.807) is 12.1 Å². The number of amides is 1. The van der Waals surface area contributed by atoms with Crippen LogP contribution >= 0.6 is 23.2 Å². The van der Waals surface area contributed by atoms with Gasteiger partial charge >= 0.3 is 0 Å². The van der Waals surface area contributed by atoms with E-state index in [1.165, 1.54) is 25.2 Å². The van der Waals surface area contributed by atoms with Gasteiger partial charge < -0.3 is 5.73 Å². The number of primary amides is 1. The topological polar surface area (TPSA) is 60.9 Å². The van der Waals surface area contributed by atoms with Crippen molar-refractivity contribution in [3.05, 3.63) is 63.5 Å². The molecule has 140 valence electrons. The van der Waals surface area contributed by atoms with E-state index >= 15 is 0 Å². The van der Waals surface area contributed by atoms with Crippen molar-refractivity contribution >= 4 is 29.1 Å². The normalized spacial score (nSPS) is 11.2. The number of aromatic nitrogens is 2. The number of nitrogens with zero attached hydrogens (tertiary/aromatic N) is 2. The Bertz CT molecular complexity index is 1050. The minimum absolute atomic E-state index is 0.0911. The lowest BCUT2D eigenvalue weighted by Gasteiger charge is -2.13. The van der Waals surface area contributed by atoms with Crippen LogP contribution in [-0.4, -0.2) is 15.7 Å². The van der Waals surface area contributed by atoms with Crippen molar-refractivity contribution in [3.63, 3.8) is 0 Å². The molecule has 2 N–H and O–H groups in total. The van der Waals surface area contributed by atoms with Gasteiger partial charge in [0.15, 0.2) is 0 Å². The number of hydrogen-bond acceptors (Lipinski definition) is 2. The van der Waals surface area contributed by atoms with Gasteiger partial charge in [0.1, 0.15) is 11.5 Å². The van der Waals surface area contributed by atoms with Gasteiger partial charge in [0.25, 0.3) is 12.3 Å². The number of rotatable bonds is 4. The molecule has 0 saturated heterocycles. The van der Waals surface area contributed by atoms with Crippen LogP contribution in [0.15, 0.2) is 36.4 Å². The summed E-state index contributed by atoms with van der Waals surface area (Å²) in [6.07, 6.45) is -3.05.